The fraction of sp³-hybridized carbons (Fsp3) is 0.714. The van der Waals surface area contributed by atoms with Gasteiger partial charge in [-0.1, -0.05) is 0 Å². The second kappa shape index (κ2) is 6.24. The standard InChI is InChI=1S/C14H22N2O4/c17-13-10-20-9-12(14(13)18)16-4-2-15(3-5-16)7-11-1-6-19-8-11/h1,6,8,12-14,17-18H,2-5,7,9-10H2/t12-,13-,14+/m1/s1. The molecule has 6 heteroatoms. The normalized spacial score (nSPS) is 33.4. The Morgan fingerprint density at radius 2 is 1.95 bits per heavy atom. The largest absolute Gasteiger partial charge is 0.472 e. The predicted molar refractivity (Wildman–Crippen MR) is 72.2 cm³/mol. The van der Waals surface area contributed by atoms with E-state index in [1.54, 1.807) is 12.5 Å². The summed E-state index contributed by atoms with van der Waals surface area (Å²) in [6.07, 6.45) is 2.01. The van der Waals surface area contributed by atoms with Gasteiger partial charge in [0.25, 0.3) is 0 Å². The molecule has 0 unspecified atom stereocenters. The Kier molecular flexibility index (Phi) is 4.38. The lowest BCUT2D eigenvalue weighted by Gasteiger charge is -2.43. The van der Waals surface area contributed by atoms with Crippen LogP contribution in [0, 0.1) is 0 Å². The second-order valence-electron chi connectivity index (χ2n) is 5.61. The maximum absolute atomic E-state index is 10.1. The van der Waals surface area contributed by atoms with Crippen LogP contribution in [0.15, 0.2) is 23.0 Å². The summed E-state index contributed by atoms with van der Waals surface area (Å²) in [5.74, 6) is 0. The van der Waals surface area contributed by atoms with Gasteiger partial charge < -0.3 is 19.4 Å². The van der Waals surface area contributed by atoms with Crippen LogP contribution in [-0.2, 0) is 11.3 Å². The third kappa shape index (κ3) is 3.05. The molecular formula is C14H22N2O4. The summed E-state index contributed by atoms with van der Waals surface area (Å²) in [4.78, 5) is 4.59. The van der Waals surface area contributed by atoms with Gasteiger partial charge in [-0.05, 0) is 6.07 Å². The molecule has 0 radical (unpaired) electrons. The van der Waals surface area contributed by atoms with E-state index in [1.807, 2.05) is 6.07 Å². The van der Waals surface area contributed by atoms with Crippen LogP contribution in [0.1, 0.15) is 5.56 Å². The number of ether oxygens (including phenoxy) is 1. The number of hydrogen-bond acceptors (Lipinski definition) is 6. The molecule has 2 N–H and O–H groups in total. The van der Waals surface area contributed by atoms with E-state index in [2.05, 4.69) is 9.80 Å². The summed E-state index contributed by atoms with van der Waals surface area (Å²) in [5, 5.41) is 19.7. The number of furan rings is 1. The third-order valence-corrected chi connectivity index (χ3v) is 4.23. The van der Waals surface area contributed by atoms with Crippen LogP contribution in [-0.4, -0.2) is 77.7 Å². The van der Waals surface area contributed by atoms with E-state index in [0.717, 1.165) is 32.7 Å². The molecule has 0 saturated carbocycles. The Balaban J connectivity index is 1.50. The van der Waals surface area contributed by atoms with Gasteiger partial charge in [0, 0.05) is 38.3 Å². The summed E-state index contributed by atoms with van der Waals surface area (Å²) in [6.45, 7) is 5.30. The van der Waals surface area contributed by atoms with Crippen molar-refractivity contribution < 1.29 is 19.4 Å². The van der Waals surface area contributed by atoms with E-state index >= 15 is 0 Å². The van der Waals surface area contributed by atoms with Crippen LogP contribution in [0.4, 0.5) is 0 Å². The lowest BCUT2D eigenvalue weighted by Crippen LogP contribution is -2.60. The van der Waals surface area contributed by atoms with Crippen LogP contribution in [0.2, 0.25) is 0 Å². The zero-order valence-corrected chi connectivity index (χ0v) is 11.5. The number of rotatable bonds is 3. The summed E-state index contributed by atoms with van der Waals surface area (Å²) in [5.41, 5.74) is 1.19. The molecule has 3 rings (SSSR count). The quantitative estimate of drug-likeness (QED) is 0.780. The topological polar surface area (TPSA) is 69.3 Å². The fourth-order valence-electron chi connectivity index (χ4n) is 2.98. The SMILES string of the molecule is O[C@@H]1[C@H](O)COC[C@H]1N1CCN(Cc2ccoc2)CC1. The highest BCUT2D eigenvalue weighted by molar-refractivity contribution is 5.05. The molecule has 1 aromatic heterocycles. The van der Waals surface area contributed by atoms with Crippen molar-refractivity contribution in [3.8, 4) is 0 Å². The Bertz CT molecular complexity index is 403. The first-order valence-corrected chi connectivity index (χ1v) is 7.15. The molecule has 2 saturated heterocycles. The van der Waals surface area contributed by atoms with Crippen molar-refractivity contribution in [3.05, 3.63) is 24.2 Å². The minimum absolute atomic E-state index is 0.0881. The minimum Gasteiger partial charge on any atom is -0.472 e. The summed E-state index contributed by atoms with van der Waals surface area (Å²) < 4.78 is 10.4. The van der Waals surface area contributed by atoms with Gasteiger partial charge in [0.2, 0.25) is 0 Å². The monoisotopic (exact) mass is 282 g/mol. The smallest absolute Gasteiger partial charge is 0.105 e. The predicted octanol–water partition coefficient (Wildman–Crippen LogP) is -0.482. The van der Waals surface area contributed by atoms with Crippen molar-refractivity contribution >= 4 is 0 Å². The molecule has 6 nitrogen and oxygen atoms in total. The van der Waals surface area contributed by atoms with Gasteiger partial charge in [0.1, 0.15) is 6.10 Å². The molecule has 0 amide bonds. The fourth-order valence-corrected chi connectivity index (χ4v) is 2.98. The van der Waals surface area contributed by atoms with Gasteiger partial charge in [-0.15, -0.1) is 0 Å². The van der Waals surface area contributed by atoms with Gasteiger partial charge in [-0.3, -0.25) is 9.80 Å². The third-order valence-electron chi connectivity index (χ3n) is 4.23. The van der Waals surface area contributed by atoms with Crippen LogP contribution in [0.3, 0.4) is 0 Å². The van der Waals surface area contributed by atoms with Crippen molar-refractivity contribution in [1.82, 2.24) is 9.80 Å². The lowest BCUT2D eigenvalue weighted by molar-refractivity contribution is -0.137. The molecule has 3 atom stereocenters. The molecule has 1 aromatic rings. The second-order valence-corrected chi connectivity index (χ2v) is 5.61. The van der Waals surface area contributed by atoms with E-state index in [1.165, 1.54) is 5.56 Å². The molecule has 0 aromatic carbocycles. The van der Waals surface area contributed by atoms with Crippen LogP contribution >= 0.6 is 0 Å². The van der Waals surface area contributed by atoms with Crippen molar-refractivity contribution in [2.24, 2.45) is 0 Å². The van der Waals surface area contributed by atoms with E-state index in [0.29, 0.717) is 6.61 Å². The van der Waals surface area contributed by atoms with E-state index in [4.69, 9.17) is 9.15 Å². The van der Waals surface area contributed by atoms with Gasteiger partial charge >= 0.3 is 0 Å². The van der Waals surface area contributed by atoms with E-state index in [9.17, 15) is 10.2 Å². The number of aliphatic hydroxyl groups is 2. The van der Waals surface area contributed by atoms with Gasteiger partial charge in [-0.2, -0.15) is 0 Å². The molecule has 0 bridgehead atoms. The molecular weight excluding hydrogens is 260 g/mol. The maximum atomic E-state index is 10.1. The molecule has 20 heavy (non-hydrogen) atoms. The van der Waals surface area contributed by atoms with Crippen LogP contribution in [0.5, 0.6) is 0 Å². The van der Waals surface area contributed by atoms with Gasteiger partial charge in [0.05, 0.1) is 37.9 Å². The summed E-state index contributed by atoms with van der Waals surface area (Å²) in [6, 6.07) is 1.90. The van der Waals surface area contributed by atoms with E-state index < -0.39 is 12.2 Å². The Hall–Kier alpha value is -0.920. The van der Waals surface area contributed by atoms with Gasteiger partial charge in [0.15, 0.2) is 0 Å². The highest BCUT2D eigenvalue weighted by atomic mass is 16.5. The average molecular weight is 282 g/mol. The van der Waals surface area contributed by atoms with Crippen molar-refractivity contribution in [2.75, 3.05) is 39.4 Å². The lowest BCUT2D eigenvalue weighted by atomic mass is 10.0. The Morgan fingerprint density at radius 3 is 2.65 bits per heavy atom. The van der Waals surface area contributed by atoms with Crippen molar-refractivity contribution in [2.45, 2.75) is 24.8 Å². The highest BCUT2D eigenvalue weighted by Gasteiger charge is 2.36. The first-order valence-electron chi connectivity index (χ1n) is 7.15. The first kappa shape index (κ1) is 14.0. The average Bonchev–Trinajstić information content (AvgIpc) is 2.96. The maximum Gasteiger partial charge on any atom is 0.105 e. The Labute approximate surface area is 118 Å². The zero-order chi connectivity index (χ0) is 13.9. The minimum atomic E-state index is -0.766. The molecule has 112 valence electrons. The molecule has 0 aliphatic carbocycles. The highest BCUT2D eigenvalue weighted by Crippen LogP contribution is 2.18. The molecule has 0 spiro atoms. The first-order chi connectivity index (χ1) is 9.74. The number of aliphatic hydroxyl groups excluding tert-OH is 2. The van der Waals surface area contributed by atoms with Crippen molar-refractivity contribution in [3.63, 3.8) is 0 Å². The Morgan fingerprint density at radius 1 is 1.15 bits per heavy atom. The van der Waals surface area contributed by atoms with Crippen LogP contribution < -0.4 is 0 Å². The van der Waals surface area contributed by atoms with Crippen LogP contribution in [0.25, 0.3) is 0 Å². The molecule has 2 aliphatic heterocycles. The summed E-state index contributed by atoms with van der Waals surface area (Å²) in [7, 11) is 0. The zero-order valence-electron chi connectivity index (χ0n) is 11.5. The van der Waals surface area contributed by atoms with E-state index in [-0.39, 0.29) is 12.6 Å². The molecule has 3 heterocycles. The number of hydrogen-bond donors (Lipinski definition) is 2. The van der Waals surface area contributed by atoms with Crippen molar-refractivity contribution in [1.29, 1.82) is 0 Å². The number of nitrogens with zero attached hydrogens (tertiary/aromatic N) is 2. The molecule has 2 aliphatic rings. The van der Waals surface area contributed by atoms with Gasteiger partial charge in [-0.25, -0.2) is 0 Å². The number of piperazine rings is 1. The summed E-state index contributed by atoms with van der Waals surface area (Å²) >= 11 is 0. The molecule has 2 fully saturated rings.